The van der Waals surface area contributed by atoms with Crippen LogP contribution in [0.5, 0.6) is 5.88 Å². The number of pyridine rings is 1. The highest BCUT2D eigenvalue weighted by atomic mass is 16.5. The third kappa shape index (κ3) is 2.03. The van der Waals surface area contributed by atoms with Crippen LogP contribution in [0.3, 0.4) is 0 Å². The molecule has 53 valence electrons. The van der Waals surface area contributed by atoms with Gasteiger partial charge >= 0.3 is 0 Å². The number of nitrogens with zero attached hydrogens (tertiary/aromatic N) is 1. The van der Waals surface area contributed by atoms with Gasteiger partial charge in [-0.25, -0.2) is 4.98 Å². The molecule has 0 aliphatic rings. The van der Waals surface area contributed by atoms with Gasteiger partial charge in [-0.3, -0.25) is 0 Å². The molecule has 1 aromatic rings. The normalized spacial score (nSPS) is 9.30. The summed E-state index contributed by atoms with van der Waals surface area (Å²) in [5.41, 5.74) is 5.22. The molecule has 0 aromatic carbocycles. The van der Waals surface area contributed by atoms with E-state index in [1.54, 1.807) is 18.3 Å². The van der Waals surface area contributed by atoms with Crippen LogP contribution in [0, 0.1) is 6.07 Å². The molecule has 0 unspecified atom stereocenters. The number of nitrogens with two attached hydrogens (primary N) is 1. The van der Waals surface area contributed by atoms with Crippen LogP contribution in [-0.4, -0.2) is 18.1 Å². The van der Waals surface area contributed by atoms with E-state index in [2.05, 4.69) is 11.1 Å². The highest BCUT2D eigenvalue weighted by Gasteiger charge is 1.88. The number of rotatable bonds is 3. The summed E-state index contributed by atoms with van der Waals surface area (Å²) in [6.07, 6.45) is 1.56. The first kappa shape index (κ1) is 7.02. The minimum absolute atomic E-state index is 0.511. The van der Waals surface area contributed by atoms with E-state index >= 15 is 0 Å². The maximum atomic E-state index is 5.22. The van der Waals surface area contributed by atoms with Gasteiger partial charge in [-0.15, -0.1) is 0 Å². The van der Waals surface area contributed by atoms with Crippen LogP contribution in [0.2, 0.25) is 0 Å². The van der Waals surface area contributed by atoms with Crippen LogP contribution in [0.1, 0.15) is 0 Å². The summed E-state index contributed by atoms with van der Waals surface area (Å²) in [6.45, 7) is 1.03. The molecule has 0 amide bonds. The van der Waals surface area contributed by atoms with Gasteiger partial charge in [-0.05, 0) is 6.07 Å². The number of ether oxygens (including phenoxy) is 1. The van der Waals surface area contributed by atoms with Crippen molar-refractivity contribution in [3.63, 3.8) is 0 Å². The Balaban J connectivity index is 2.43. The Bertz CT molecular complexity index is 176. The Morgan fingerprint density at radius 1 is 1.70 bits per heavy atom. The molecule has 0 spiro atoms. The highest BCUT2D eigenvalue weighted by Crippen LogP contribution is 2.01. The van der Waals surface area contributed by atoms with Gasteiger partial charge in [0.1, 0.15) is 6.61 Å². The van der Waals surface area contributed by atoms with Crippen LogP contribution in [0.15, 0.2) is 18.3 Å². The first-order valence-electron chi connectivity index (χ1n) is 3.08. The molecule has 1 heterocycles. The van der Waals surface area contributed by atoms with E-state index in [0.29, 0.717) is 19.0 Å². The van der Waals surface area contributed by atoms with Crippen LogP contribution in [0.25, 0.3) is 0 Å². The van der Waals surface area contributed by atoms with Crippen molar-refractivity contribution < 1.29 is 4.74 Å². The maximum Gasteiger partial charge on any atom is 0.213 e. The zero-order chi connectivity index (χ0) is 7.23. The van der Waals surface area contributed by atoms with E-state index in [1.165, 1.54) is 0 Å². The van der Waals surface area contributed by atoms with E-state index in [1.807, 2.05) is 0 Å². The topological polar surface area (TPSA) is 48.1 Å². The molecule has 3 nitrogen and oxygen atoms in total. The highest BCUT2D eigenvalue weighted by molar-refractivity contribution is 5.08. The molecule has 10 heavy (non-hydrogen) atoms. The molecule has 0 bridgehead atoms. The van der Waals surface area contributed by atoms with Crippen molar-refractivity contribution in [3.8, 4) is 5.88 Å². The Labute approximate surface area is 59.8 Å². The smallest absolute Gasteiger partial charge is 0.213 e. The van der Waals surface area contributed by atoms with E-state index in [9.17, 15) is 0 Å². The van der Waals surface area contributed by atoms with Crippen molar-refractivity contribution in [2.75, 3.05) is 13.2 Å². The Morgan fingerprint density at radius 3 is 3.20 bits per heavy atom. The standard InChI is InChI=1S/C7H9N2O/c8-4-6-10-7-3-1-2-5-9-7/h1,3,5H,4,6,8H2. The summed E-state index contributed by atoms with van der Waals surface area (Å²) >= 11 is 0. The molecule has 2 N–H and O–H groups in total. The second-order valence-electron chi connectivity index (χ2n) is 1.73. The van der Waals surface area contributed by atoms with E-state index in [-0.39, 0.29) is 0 Å². The van der Waals surface area contributed by atoms with Gasteiger partial charge in [0.05, 0.1) is 0 Å². The molecule has 0 atom stereocenters. The van der Waals surface area contributed by atoms with Gasteiger partial charge in [0.25, 0.3) is 0 Å². The summed E-state index contributed by atoms with van der Waals surface area (Å²) < 4.78 is 5.10. The molecular weight excluding hydrogens is 128 g/mol. The van der Waals surface area contributed by atoms with E-state index in [0.717, 1.165) is 0 Å². The lowest BCUT2D eigenvalue weighted by molar-refractivity contribution is 0.315. The monoisotopic (exact) mass is 137 g/mol. The third-order valence-corrected chi connectivity index (χ3v) is 0.956. The molecule has 0 saturated carbocycles. The molecule has 0 fully saturated rings. The van der Waals surface area contributed by atoms with E-state index < -0.39 is 0 Å². The zero-order valence-electron chi connectivity index (χ0n) is 5.58. The van der Waals surface area contributed by atoms with Crippen molar-refractivity contribution in [2.24, 2.45) is 5.73 Å². The molecule has 1 rings (SSSR count). The fraction of sp³-hybridized carbons (Fsp3) is 0.286. The summed E-state index contributed by atoms with van der Waals surface area (Å²) in [5, 5.41) is 0. The minimum Gasteiger partial charge on any atom is -0.476 e. The first-order valence-corrected chi connectivity index (χ1v) is 3.08. The van der Waals surface area contributed by atoms with E-state index in [4.69, 9.17) is 10.5 Å². The minimum atomic E-state index is 0.511. The number of hydrogen-bond acceptors (Lipinski definition) is 3. The van der Waals surface area contributed by atoms with Gasteiger partial charge < -0.3 is 10.5 Å². The zero-order valence-corrected chi connectivity index (χ0v) is 5.58. The van der Waals surface area contributed by atoms with Crippen LogP contribution in [0.4, 0.5) is 0 Å². The number of aromatic nitrogens is 1. The van der Waals surface area contributed by atoms with Gasteiger partial charge in [-0.2, -0.15) is 0 Å². The van der Waals surface area contributed by atoms with Crippen LogP contribution in [-0.2, 0) is 0 Å². The molecule has 1 aromatic heterocycles. The van der Waals surface area contributed by atoms with Gasteiger partial charge in [0.15, 0.2) is 0 Å². The largest absolute Gasteiger partial charge is 0.476 e. The van der Waals surface area contributed by atoms with Gasteiger partial charge in [-0.1, -0.05) is 0 Å². The summed E-state index contributed by atoms with van der Waals surface area (Å²) in [5.74, 6) is 0.601. The third-order valence-electron chi connectivity index (χ3n) is 0.956. The Hall–Kier alpha value is -1.09. The molecule has 1 radical (unpaired) electrons. The summed E-state index contributed by atoms with van der Waals surface area (Å²) in [4.78, 5) is 3.88. The second kappa shape index (κ2) is 3.85. The Morgan fingerprint density at radius 2 is 2.60 bits per heavy atom. The molecule has 0 aliphatic carbocycles. The maximum absolute atomic E-state index is 5.22. The molecule has 0 aliphatic heterocycles. The van der Waals surface area contributed by atoms with Crippen LogP contribution >= 0.6 is 0 Å². The van der Waals surface area contributed by atoms with Crippen LogP contribution < -0.4 is 10.5 Å². The predicted octanol–water partition coefficient (Wildman–Crippen LogP) is 0.219. The SMILES string of the molecule is NCCOc1cc[c]cn1. The number of hydrogen-bond donors (Lipinski definition) is 1. The summed E-state index contributed by atoms with van der Waals surface area (Å²) in [6, 6.07) is 6.28. The van der Waals surface area contributed by atoms with Crippen molar-refractivity contribution in [1.29, 1.82) is 0 Å². The average molecular weight is 137 g/mol. The predicted molar refractivity (Wildman–Crippen MR) is 37.6 cm³/mol. The van der Waals surface area contributed by atoms with Crippen molar-refractivity contribution in [1.82, 2.24) is 4.98 Å². The molecule has 0 saturated heterocycles. The van der Waals surface area contributed by atoms with Crippen molar-refractivity contribution >= 4 is 0 Å². The fourth-order valence-electron chi connectivity index (χ4n) is 0.555. The van der Waals surface area contributed by atoms with Gasteiger partial charge in [0.2, 0.25) is 5.88 Å². The lowest BCUT2D eigenvalue weighted by Crippen LogP contribution is -2.10. The Kier molecular flexibility index (Phi) is 2.70. The lowest BCUT2D eigenvalue weighted by atomic mass is 10.5. The van der Waals surface area contributed by atoms with Gasteiger partial charge in [0, 0.05) is 24.9 Å². The lowest BCUT2D eigenvalue weighted by Gasteiger charge is -2.00. The van der Waals surface area contributed by atoms with Crippen molar-refractivity contribution in [2.45, 2.75) is 0 Å². The molecule has 3 heteroatoms. The average Bonchev–Trinajstić information content (AvgIpc) is 2.03. The second-order valence-corrected chi connectivity index (χ2v) is 1.73. The quantitative estimate of drug-likeness (QED) is 0.648. The first-order chi connectivity index (χ1) is 4.93. The van der Waals surface area contributed by atoms with Crippen molar-refractivity contribution in [3.05, 3.63) is 24.4 Å². The fourth-order valence-corrected chi connectivity index (χ4v) is 0.555. The summed E-state index contributed by atoms with van der Waals surface area (Å²) in [7, 11) is 0. The molecular formula is C7H9N2O.